The normalized spacial score (nSPS) is 25.7. The highest BCUT2D eigenvalue weighted by atomic mass is 32.2. The van der Waals surface area contributed by atoms with Crippen molar-refractivity contribution in [2.45, 2.75) is 31.1 Å². The average Bonchev–Trinajstić information content (AvgIpc) is 2.32. The van der Waals surface area contributed by atoms with Gasteiger partial charge in [0.05, 0.1) is 0 Å². The van der Waals surface area contributed by atoms with Crippen LogP contribution in [0.5, 0.6) is 0 Å². The van der Waals surface area contributed by atoms with Crippen molar-refractivity contribution < 1.29 is 4.79 Å². The number of ketones is 1. The highest BCUT2D eigenvalue weighted by molar-refractivity contribution is 7.99. The molecular formula is C14H18OS. The van der Waals surface area contributed by atoms with Gasteiger partial charge in [-0.3, -0.25) is 4.79 Å². The van der Waals surface area contributed by atoms with E-state index in [-0.39, 0.29) is 11.8 Å². The van der Waals surface area contributed by atoms with E-state index < -0.39 is 0 Å². The second-order valence-corrected chi connectivity index (χ2v) is 5.65. The summed E-state index contributed by atoms with van der Waals surface area (Å²) in [6.45, 7) is 2.07. The van der Waals surface area contributed by atoms with E-state index in [1.54, 1.807) is 0 Å². The zero-order valence-corrected chi connectivity index (χ0v) is 10.5. The topological polar surface area (TPSA) is 17.1 Å². The molecule has 86 valence electrons. The summed E-state index contributed by atoms with van der Waals surface area (Å²) in [6.07, 6.45) is 3.39. The maximum Gasteiger partial charge on any atom is 0.139 e. The first kappa shape index (κ1) is 11.7. The van der Waals surface area contributed by atoms with Crippen LogP contribution in [0, 0.1) is 11.8 Å². The van der Waals surface area contributed by atoms with E-state index in [1.165, 1.54) is 11.3 Å². The lowest BCUT2D eigenvalue weighted by atomic mass is 9.82. The number of hydrogen-bond donors (Lipinski definition) is 0. The van der Waals surface area contributed by atoms with Crippen LogP contribution in [0.4, 0.5) is 0 Å². The molecule has 1 aliphatic rings. The highest BCUT2D eigenvalue weighted by Gasteiger charge is 2.27. The molecule has 1 saturated carbocycles. The quantitative estimate of drug-likeness (QED) is 0.740. The van der Waals surface area contributed by atoms with Crippen molar-refractivity contribution in [2.24, 2.45) is 11.8 Å². The third-order valence-corrected chi connectivity index (χ3v) is 4.45. The Morgan fingerprint density at radius 3 is 2.75 bits per heavy atom. The lowest BCUT2D eigenvalue weighted by molar-refractivity contribution is -0.127. The van der Waals surface area contributed by atoms with E-state index >= 15 is 0 Å². The molecule has 2 heteroatoms. The molecule has 0 heterocycles. The summed E-state index contributed by atoms with van der Waals surface area (Å²) in [6, 6.07) is 10.3. The molecule has 2 unspecified atom stereocenters. The van der Waals surface area contributed by atoms with E-state index in [0.29, 0.717) is 5.78 Å². The maximum atomic E-state index is 11.9. The van der Waals surface area contributed by atoms with E-state index in [4.69, 9.17) is 0 Å². The SMILES string of the molecule is CC1CCCC(CSc2ccccc2)C1=O. The Hall–Kier alpha value is -0.760. The highest BCUT2D eigenvalue weighted by Crippen LogP contribution is 2.30. The first-order chi connectivity index (χ1) is 7.77. The van der Waals surface area contributed by atoms with Gasteiger partial charge in [-0.15, -0.1) is 11.8 Å². The van der Waals surface area contributed by atoms with Gasteiger partial charge in [-0.05, 0) is 25.0 Å². The van der Waals surface area contributed by atoms with Crippen molar-refractivity contribution in [2.75, 3.05) is 5.75 Å². The fourth-order valence-electron chi connectivity index (χ4n) is 2.24. The molecule has 16 heavy (non-hydrogen) atoms. The van der Waals surface area contributed by atoms with Gasteiger partial charge >= 0.3 is 0 Å². The van der Waals surface area contributed by atoms with Crippen LogP contribution in [-0.4, -0.2) is 11.5 Å². The number of carbonyl (C=O) groups is 1. The number of rotatable bonds is 3. The molecule has 1 nitrogen and oxygen atoms in total. The molecule has 0 saturated heterocycles. The van der Waals surface area contributed by atoms with Gasteiger partial charge in [-0.2, -0.15) is 0 Å². The average molecular weight is 234 g/mol. The van der Waals surface area contributed by atoms with Gasteiger partial charge in [-0.25, -0.2) is 0 Å². The molecule has 0 amide bonds. The van der Waals surface area contributed by atoms with Crippen LogP contribution in [0.1, 0.15) is 26.2 Å². The Morgan fingerprint density at radius 1 is 1.25 bits per heavy atom. The first-order valence-corrected chi connectivity index (χ1v) is 6.97. The molecule has 1 aromatic rings. The second kappa shape index (κ2) is 5.53. The predicted molar refractivity (Wildman–Crippen MR) is 68.7 cm³/mol. The van der Waals surface area contributed by atoms with Crippen LogP contribution in [0.15, 0.2) is 35.2 Å². The Balaban J connectivity index is 1.88. The Morgan fingerprint density at radius 2 is 2.00 bits per heavy atom. The largest absolute Gasteiger partial charge is 0.299 e. The summed E-state index contributed by atoms with van der Waals surface area (Å²) in [7, 11) is 0. The van der Waals surface area contributed by atoms with Crippen LogP contribution < -0.4 is 0 Å². The van der Waals surface area contributed by atoms with Crippen LogP contribution >= 0.6 is 11.8 Å². The van der Waals surface area contributed by atoms with Crippen molar-refractivity contribution in [3.05, 3.63) is 30.3 Å². The van der Waals surface area contributed by atoms with Gasteiger partial charge in [0.25, 0.3) is 0 Å². The fourth-order valence-corrected chi connectivity index (χ4v) is 3.31. The molecule has 1 fully saturated rings. The molecule has 0 bridgehead atoms. The summed E-state index contributed by atoms with van der Waals surface area (Å²) < 4.78 is 0. The van der Waals surface area contributed by atoms with Gasteiger partial charge in [0, 0.05) is 22.5 Å². The monoisotopic (exact) mass is 234 g/mol. The van der Waals surface area contributed by atoms with E-state index in [2.05, 4.69) is 19.1 Å². The predicted octanol–water partition coefficient (Wildman–Crippen LogP) is 3.78. The zero-order chi connectivity index (χ0) is 11.4. The number of carbonyl (C=O) groups excluding carboxylic acids is 1. The van der Waals surface area contributed by atoms with E-state index in [1.807, 2.05) is 30.0 Å². The van der Waals surface area contributed by atoms with Gasteiger partial charge in [0.1, 0.15) is 5.78 Å². The molecule has 1 aliphatic carbocycles. The third kappa shape index (κ3) is 2.88. The molecule has 0 spiro atoms. The van der Waals surface area contributed by atoms with Gasteiger partial charge in [-0.1, -0.05) is 31.5 Å². The maximum absolute atomic E-state index is 11.9. The number of thioether (sulfide) groups is 1. The summed E-state index contributed by atoms with van der Waals surface area (Å²) in [4.78, 5) is 13.2. The molecule has 2 atom stereocenters. The summed E-state index contributed by atoms with van der Waals surface area (Å²) >= 11 is 1.81. The summed E-state index contributed by atoms with van der Waals surface area (Å²) in [5, 5.41) is 0. The molecule has 0 radical (unpaired) electrons. The zero-order valence-electron chi connectivity index (χ0n) is 9.69. The summed E-state index contributed by atoms with van der Waals surface area (Å²) in [5.74, 6) is 2.01. The minimum atomic E-state index is 0.286. The van der Waals surface area contributed by atoms with Gasteiger partial charge < -0.3 is 0 Å². The minimum Gasteiger partial charge on any atom is -0.299 e. The Kier molecular flexibility index (Phi) is 4.05. The number of Topliss-reactive ketones (excluding diaryl/α,β-unsaturated/α-hetero) is 1. The van der Waals surface area contributed by atoms with Crippen molar-refractivity contribution in [1.29, 1.82) is 0 Å². The fraction of sp³-hybridized carbons (Fsp3) is 0.500. The van der Waals surface area contributed by atoms with Crippen molar-refractivity contribution in [3.8, 4) is 0 Å². The van der Waals surface area contributed by atoms with Crippen molar-refractivity contribution >= 4 is 17.5 Å². The standard InChI is InChI=1S/C14H18OS/c1-11-6-5-7-12(14(11)15)10-16-13-8-3-2-4-9-13/h2-4,8-9,11-12H,5-7,10H2,1H3. The summed E-state index contributed by atoms with van der Waals surface area (Å²) in [5.41, 5.74) is 0. The van der Waals surface area contributed by atoms with Crippen molar-refractivity contribution in [3.63, 3.8) is 0 Å². The molecule has 1 aromatic carbocycles. The smallest absolute Gasteiger partial charge is 0.139 e. The van der Waals surface area contributed by atoms with Crippen LogP contribution in [0.3, 0.4) is 0 Å². The van der Waals surface area contributed by atoms with Gasteiger partial charge in [0.2, 0.25) is 0 Å². The molecular weight excluding hydrogens is 216 g/mol. The van der Waals surface area contributed by atoms with Gasteiger partial charge in [0.15, 0.2) is 0 Å². The second-order valence-electron chi connectivity index (χ2n) is 4.56. The molecule has 0 N–H and O–H groups in total. The molecule has 0 aromatic heterocycles. The lowest BCUT2D eigenvalue weighted by Crippen LogP contribution is -2.28. The lowest BCUT2D eigenvalue weighted by Gasteiger charge is -2.24. The number of hydrogen-bond acceptors (Lipinski definition) is 2. The minimum absolute atomic E-state index is 0.286. The molecule has 0 aliphatic heterocycles. The Bertz CT molecular complexity index is 347. The first-order valence-electron chi connectivity index (χ1n) is 5.99. The van der Waals surface area contributed by atoms with E-state index in [9.17, 15) is 4.79 Å². The van der Waals surface area contributed by atoms with Crippen LogP contribution in [-0.2, 0) is 4.79 Å². The third-order valence-electron chi connectivity index (χ3n) is 3.27. The number of benzene rings is 1. The Labute approximate surface area is 102 Å². The van der Waals surface area contributed by atoms with Crippen LogP contribution in [0.2, 0.25) is 0 Å². The van der Waals surface area contributed by atoms with Crippen molar-refractivity contribution in [1.82, 2.24) is 0 Å². The van der Waals surface area contributed by atoms with Crippen LogP contribution in [0.25, 0.3) is 0 Å². The van der Waals surface area contributed by atoms with E-state index in [0.717, 1.165) is 18.6 Å². The molecule has 2 rings (SSSR count).